The molecule has 3 aromatic carbocycles. The third kappa shape index (κ3) is 2.67. The predicted molar refractivity (Wildman–Crippen MR) is 98.3 cm³/mol. The Kier molecular flexibility index (Phi) is 4.19. The van der Waals surface area contributed by atoms with Crippen LogP contribution in [0.2, 0.25) is 0 Å². The van der Waals surface area contributed by atoms with Crippen LogP contribution >= 0.6 is 31.9 Å². The molecular weight excluding hydrogens is 388 g/mol. The first-order valence-corrected chi connectivity index (χ1v) is 8.68. The molecule has 106 valence electrons. The van der Waals surface area contributed by atoms with E-state index in [1.807, 2.05) is 0 Å². The molecule has 0 fully saturated rings. The van der Waals surface area contributed by atoms with E-state index in [1.165, 1.54) is 33.0 Å². The molecule has 21 heavy (non-hydrogen) atoms. The molecule has 0 saturated heterocycles. The lowest BCUT2D eigenvalue weighted by atomic mass is 9.92. The van der Waals surface area contributed by atoms with Gasteiger partial charge < -0.3 is 0 Å². The van der Waals surface area contributed by atoms with Gasteiger partial charge in [-0.25, -0.2) is 0 Å². The third-order valence-electron chi connectivity index (χ3n) is 4.02. The Morgan fingerprint density at radius 1 is 0.857 bits per heavy atom. The maximum Gasteiger partial charge on any atom is 0.0656 e. The van der Waals surface area contributed by atoms with Gasteiger partial charge in [0.05, 0.1) is 4.83 Å². The summed E-state index contributed by atoms with van der Waals surface area (Å²) in [4.78, 5) is 0.195. The van der Waals surface area contributed by atoms with E-state index in [0.717, 1.165) is 4.47 Å². The first kappa shape index (κ1) is 14.8. The molecule has 2 heteroatoms. The van der Waals surface area contributed by atoms with Crippen LogP contribution in [0.15, 0.2) is 59.1 Å². The van der Waals surface area contributed by atoms with E-state index < -0.39 is 0 Å². The second-order valence-electron chi connectivity index (χ2n) is 5.33. The molecule has 0 amide bonds. The smallest absolute Gasteiger partial charge is 0.0656 e. The summed E-state index contributed by atoms with van der Waals surface area (Å²) >= 11 is 7.56. The summed E-state index contributed by atoms with van der Waals surface area (Å²) in [5.74, 6) is 0. The number of hydrogen-bond acceptors (Lipinski definition) is 0. The summed E-state index contributed by atoms with van der Waals surface area (Å²) in [5, 5.41) is 2.61. The number of benzene rings is 3. The van der Waals surface area contributed by atoms with Crippen molar-refractivity contribution < 1.29 is 0 Å². The van der Waals surface area contributed by atoms with E-state index in [1.54, 1.807) is 0 Å². The van der Waals surface area contributed by atoms with Gasteiger partial charge in [-0.2, -0.15) is 0 Å². The lowest BCUT2D eigenvalue weighted by Gasteiger charge is -2.19. The lowest BCUT2D eigenvalue weighted by Crippen LogP contribution is -2.00. The second-order valence-corrected chi connectivity index (χ2v) is 7.10. The van der Waals surface area contributed by atoms with Gasteiger partial charge >= 0.3 is 0 Å². The van der Waals surface area contributed by atoms with Gasteiger partial charge in [0.15, 0.2) is 0 Å². The molecule has 3 rings (SSSR count). The van der Waals surface area contributed by atoms with Gasteiger partial charge in [-0.15, -0.1) is 0 Å². The Balaban J connectivity index is 2.24. The van der Waals surface area contributed by atoms with Crippen molar-refractivity contribution in [1.29, 1.82) is 0 Å². The topological polar surface area (TPSA) is 0 Å². The molecular formula is C19H16Br2. The van der Waals surface area contributed by atoms with Crippen molar-refractivity contribution in [3.8, 4) is 0 Å². The van der Waals surface area contributed by atoms with Crippen molar-refractivity contribution in [2.45, 2.75) is 18.7 Å². The van der Waals surface area contributed by atoms with Gasteiger partial charge in [0.1, 0.15) is 0 Å². The Morgan fingerprint density at radius 2 is 1.62 bits per heavy atom. The van der Waals surface area contributed by atoms with Gasteiger partial charge in [0.25, 0.3) is 0 Å². The molecule has 0 aliphatic heterocycles. The molecule has 0 heterocycles. The minimum atomic E-state index is 0.195. The number of halogens is 2. The van der Waals surface area contributed by atoms with Crippen LogP contribution in [0.5, 0.6) is 0 Å². The molecule has 0 saturated carbocycles. The normalized spacial score (nSPS) is 12.6. The monoisotopic (exact) mass is 402 g/mol. The molecule has 3 aromatic rings. The fourth-order valence-corrected chi connectivity index (χ4v) is 4.28. The zero-order chi connectivity index (χ0) is 15.0. The third-order valence-corrected chi connectivity index (χ3v) is 5.83. The molecule has 1 atom stereocenters. The minimum Gasteiger partial charge on any atom is -0.0786 e. The summed E-state index contributed by atoms with van der Waals surface area (Å²) < 4.78 is 1.15. The van der Waals surface area contributed by atoms with Gasteiger partial charge in [-0.3, -0.25) is 0 Å². The van der Waals surface area contributed by atoms with Crippen LogP contribution in [-0.4, -0.2) is 0 Å². The molecule has 0 aromatic heterocycles. The predicted octanol–water partition coefficient (Wildman–Crippen LogP) is 6.70. The maximum absolute atomic E-state index is 3.93. The Bertz CT molecular complexity index is 806. The quantitative estimate of drug-likeness (QED) is 0.417. The molecule has 1 unspecified atom stereocenters. The van der Waals surface area contributed by atoms with E-state index >= 15 is 0 Å². The number of rotatable bonds is 2. The Labute approximate surface area is 142 Å². The fraction of sp³-hybridized carbons (Fsp3) is 0.158. The zero-order valence-corrected chi connectivity index (χ0v) is 15.2. The van der Waals surface area contributed by atoms with Crippen molar-refractivity contribution in [2.24, 2.45) is 0 Å². The fourth-order valence-electron chi connectivity index (χ4n) is 2.80. The van der Waals surface area contributed by atoms with E-state index in [0.29, 0.717) is 0 Å². The van der Waals surface area contributed by atoms with Crippen LogP contribution in [0.3, 0.4) is 0 Å². The van der Waals surface area contributed by atoms with E-state index in [9.17, 15) is 0 Å². The van der Waals surface area contributed by atoms with E-state index in [2.05, 4.69) is 100 Å². The minimum absolute atomic E-state index is 0.195. The largest absolute Gasteiger partial charge is 0.0786 e. The standard InChI is InChI=1S/C19H16Br2/c1-12-10-11-14-6-3-4-7-16(14)18(12)19(21)15-8-5-9-17(20)13(15)2/h3-11,19H,1-2H3. The molecule has 0 nitrogen and oxygen atoms in total. The highest BCUT2D eigenvalue weighted by Crippen LogP contribution is 2.40. The van der Waals surface area contributed by atoms with Crippen LogP contribution in [-0.2, 0) is 0 Å². The van der Waals surface area contributed by atoms with E-state index in [-0.39, 0.29) is 4.83 Å². The van der Waals surface area contributed by atoms with Crippen LogP contribution in [0, 0.1) is 13.8 Å². The van der Waals surface area contributed by atoms with E-state index in [4.69, 9.17) is 0 Å². The van der Waals surface area contributed by atoms with Crippen LogP contribution < -0.4 is 0 Å². The van der Waals surface area contributed by atoms with Crippen LogP contribution in [0.4, 0.5) is 0 Å². The first-order chi connectivity index (χ1) is 10.1. The number of alkyl halides is 1. The summed E-state index contributed by atoms with van der Waals surface area (Å²) in [6, 6.07) is 19.4. The van der Waals surface area contributed by atoms with Crippen molar-refractivity contribution in [3.63, 3.8) is 0 Å². The van der Waals surface area contributed by atoms with Crippen molar-refractivity contribution >= 4 is 42.6 Å². The van der Waals surface area contributed by atoms with Gasteiger partial charge in [0, 0.05) is 4.47 Å². The maximum atomic E-state index is 3.93. The molecule has 0 bridgehead atoms. The van der Waals surface area contributed by atoms with Gasteiger partial charge in [-0.05, 0) is 52.9 Å². The molecule has 0 spiro atoms. The molecule has 0 radical (unpaired) electrons. The summed E-state index contributed by atoms with van der Waals surface area (Å²) in [6.45, 7) is 4.34. The molecule has 0 aliphatic rings. The highest BCUT2D eigenvalue weighted by atomic mass is 79.9. The SMILES string of the molecule is Cc1ccc2ccccc2c1C(Br)c1cccc(Br)c1C. The van der Waals surface area contributed by atoms with Crippen LogP contribution in [0.1, 0.15) is 27.1 Å². The average molecular weight is 404 g/mol. The van der Waals surface area contributed by atoms with Crippen LogP contribution in [0.25, 0.3) is 10.8 Å². The lowest BCUT2D eigenvalue weighted by molar-refractivity contribution is 1.13. The summed E-state index contributed by atoms with van der Waals surface area (Å²) in [5.41, 5.74) is 5.26. The van der Waals surface area contributed by atoms with Crippen molar-refractivity contribution in [2.75, 3.05) is 0 Å². The summed E-state index contributed by atoms with van der Waals surface area (Å²) in [6.07, 6.45) is 0. The van der Waals surface area contributed by atoms with Crippen molar-refractivity contribution in [1.82, 2.24) is 0 Å². The number of fused-ring (bicyclic) bond motifs is 1. The number of hydrogen-bond donors (Lipinski definition) is 0. The van der Waals surface area contributed by atoms with Gasteiger partial charge in [0.2, 0.25) is 0 Å². The highest BCUT2D eigenvalue weighted by Gasteiger charge is 2.18. The number of aryl methyl sites for hydroxylation is 1. The Morgan fingerprint density at radius 3 is 2.43 bits per heavy atom. The average Bonchev–Trinajstić information content (AvgIpc) is 2.49. The highest BCUT2D eigenvalue weighted by molar-refractivity contribution is 9.10. The molecule has 0 N–H and O–H groups in total. The summed E-state index contributed by atoms with van der Waals surface area (Å²) in [7, 11) is 0. The van der Waals surface area contributed by atoms with Gasteiger partial charge in [-0.1, -0.05) is 80.4 Å². The van der Waals surface area contributed by atoms with Crippen molar-refractivity contribution in [3.05, 3.63) is 81.3 Å². The first-order valence-electron chi connectivity index (χ1n) is 6.97. The zero-order valence-electron chi connectivity index (χ0n) is 12.0. The molecule has 0 aliphatic carbocycles. The second kappa shape index (κ2) is 5.94. The Hall–Kier alpha value is -1.12.